The fourth-order valence-electron chi connectivity index (χ4n) is 1.45. The van der Waals surface area contributed by atoms with E-state index < -0.39 is 17.0 Å². The monoisotopic (exact) mass is 280 g/mol. The van der Waals surface area contributed by atoms with Crippen LogP contribution in [-0.2, 0) is 11.1 Å². The van der Waals surface area contributed by atoms with Gasteiger partial charge in [0.05, 0.1) is 5.97 Å². The molecule has 7 heteroatoms. The van der Waals surface area contributed by atoms with Gasteiger partial charge in [0.1, 0.15) is 0 Å². The van der Waals surface area contributed by atoms with Crippen LogP contribution in [0.5, 0.6) is 0 Å². The van der Waals surface area contributed by atoms with Gasteiger partial charge in [-0.1, -0.05) is 18.2 Å². The standard InChI is InChI=1S/C11H8O4S.2Na/c12-11(13)9-2-1-8-6-10(16(14)15)4-3-7(8)5-9;;/h1-6H,(H,12,13)(H,14,15);;/q;2*+1/p-2. The molecule has 0 amide bonds. The van der Waals surface area contributed by atoms with Crippen LogP contribution >= 0.6 is 0 Å². The SMILES string of the molecule is O=C([O-])c1ccc2cc(S(=O)[O-])ccc2c1.[Na+].[Na+]. The first kappa shape index (κ1) is 18.3. The van der Waals surface area contributed by atoms with Crippen molar-refractivity contribution in [3.05, 3.63) is 42.0 Å². The van der Waals surface area contributed by atoms with E-state index in [1.807, 2.05) is 0 Å². The molecule has 0 bridgehead atoms. The van der Waals surface area contributed by atoms with Crippen molar-refractivity contribution >= 4 is 27.8 Å². The number of rotatable bonds is 2. The third-order valence-corrected chi connectivity index (χ3v) is 2.88. The average molecular weight is 280 g/mol. The minimum Gasteiger partial charge on any atom is -0.768 e. The molecule has 1 atom stereocenters. The summed E-state index contributed by atoms with van der Waals surface area (Å²) in [6.45, 7) is 0. The molecule has 0 radical (unpaired) electrons. The van der Waals surface area contributed by atoms with Gasteiger partial charge in [-0.05, 0) is 45.6 Å². The van der Waals surface area contributed by atoms with E-state index in [0.717, 1.165) is 0 Å². The Morgan fingerprint density at radius 1 is 1.00 bits per heavy atom. The van der Waals surface area contributed by atoms with E-state index >= 15 is 0 Å². The van der Waals surface area contributed by atoms with Crippen LogP contribution in [0.3, 0.4) is 0 Å². The van der Waals surface area contributed by atoms with Gasteiger partial charge in [-0.25, -0.2) is 0 Å². The van der Waals surface area contributed by atoms with Gasteiger partial charge in [0.25, 0.3) is 0 Å². The van der Waals surface area contributed by atoms with Gasteiger partial charge in [-0.3, -0.25) is 4.21 Å². The summed E-state index contributed by atoms with van der Waals surface area (Å²) in [5.74, 6) is -1.25. The van der Waals surface area contributed by atoms with Crippen LogP contribution in [0.25, 0.3) is 10.8 Å². The molecule has 0 aromatic heterocycles. The number of hydrogen-bond donors (Lipinski definition) is 0. The molecule has 0 spiro atoms. The smallest absolute Gasteiger partial charge is 0.768 e. The topological polar surface area (TPSA) is 80.3 Å². The molecule has 18 heavy (non-hydrogen) atoms. The molecule has 0 saturated heterocycles. The maximum atomic E-state index is 10.7. The summed E-state index contributed by atoms with van der Waals surface area (Å²) in [7, 11) is 0. The first-order chi connectivity index (χ1) is 7.58. The minimum absolute atomic E-state index is 0. The Balaban J connectivity index is 0.00000144. The van der Waals surface area contributed by atoms with Crippen LogP contribution in [0, 0.1) is 0 Å². The predicted octanol–water partition coefficient (Wildman–Crippen LogP) is -5.55. The number of aromatic carboxylic acids is 1. The third-order valence-electron chi connectivity index (χ3n) is 2.24. The molecule has 2 rings (SSSR count). The van der Waals surface area contributed by atoms with Crippen LogP contribution in [0.15, 0.2) is 41.3 Å². The Morgan fingerprint density at radius 2 is 1.56 bits per heavy atom. The molecule has 0 N–H and O–H groups in total. The van der Waals surface area contributed by atoms with E-state index in [0.29, 0.717) is 10.8 Å². The van der Waals surface area contributed by atoms with Gasteiger partial charge in [0.15, 0.2) is 0 Å². The first-order valence-electron chi connectivity index (χ1n) is 4.42. The molecule has 2 aromatic carbocycles. The molecule has 1 unspecified atom stereocenters. The quantitative estimate of drug-likeness (QED) is 0.406. The largest absolute Gasteiger partial charge is 1.00 e. The minimum atomic E-state index is -2.28. The summed E-state index contributed by atoms with van der Waals surface area (Å²) in [5.41, 5.74) is 0.0727. The second-order valence-corrected chi connectivity index (χ2v) is 4.19. The molecule has 0 heterocycles. The van der Waals surface area contributed by atoms with E-state index in [-0.39, 0.29) is 69.6 Å². The summed E-state index contributed by atoms with van der Waals surface area (Å²) in [6.07, 6.45) is 0. The van der Waals surface area contributed by atoms with Crippen LogP contribution in [0.1, 0.15) is 10.4 Å². The molecule has 0 aliphatic heterocycles. The summed E-state index contributed by atoms with van der Waals surface area (Å²) >= 11 is -2.28. The first-order valence-corrected chi connectivity index (χ1v) is 5.50. The number of carboxylic acid groups (broad SMARTS) is 1. The average Bonchev–Trinajstić information content (AvgIpc) is 2.27. The summed E-state index contributed by atoms with van der Waals surface area (Å²) in [5, 5.41) is 11.9. The van der Waals surface area contributed by atoms with Gasteiger partial charge < -0.3 is 14.5 Å². The fraction of sp³-hybridized carbons (Fsp3) is 0. The zero-order chi connectivity index (χ0) is 11.7. The van der Waals surface area contributed by atoms with E-state index in [9.17, 15) is 18.7 Å². The van der Waals surface area contributed by atoms with Crippen molar-refractivity contribution in [3.8, 4) is 0 Å². The number of benzene rings is 2. The second kappa shape index (κ2) is 7.77. The van der Waals surface area contributed by atoms with Crippen LogP contribution in [-0.4, -0.2) is 14.7 Å². The van der Waals surface area contributed by atoms with E-state index in [2.05, 4.69) is 0 Å². The molecule has 0 saturated carbocycles. The van der Waals surface area contributed by atoms with Gasteiger partial charge in [0, 0.05) is 4.90 Å². The van der Waals surface area contributed by atoms with Crippen molar-refractivity contribution in [2.45, 2.75) is 4.90 Å². The zero-order valence-corrected chi connectivity index (χ0v) is 14.8. The molecule has 0 fully saturated rings. The Kier molecular flexibility index (Phi) is 7.89. The molecule has 0 aliphatic carbocycles. The van der Waals surface area contributed by atoms with Gasteiger partial charge in [-0.2, -0.15) is 0 Å². The number of carbonyl (C=O) groups excluding carboxylic acids is 1. The van der Waals surface area contributed by atoms with Crippen molar-refractivity contribution < 1.29 is 77.8 Å². The van der Waals surface area contributed by atoms with E-state index in [4.69, 9.17) is 0 Å². The van der Waals surface area contributed by atoms with Crippen LogP contribution in [0.2, 0.25) is 0 Å². The van der Waals surface area contributed by atoms with Crippen LogP contribution in [0.4, 0.5) is 0 Å². The fourth-order valence-corrected chi connectivity index (χ4v) is 1.86. The summed E-state index contributed by atoms with van der Waals surface area (Å²) in [6, 6.07) is 8.85. The number of hydrogen-bond acceptors (Lipinski definition) is 4. The van der Waals surface area contributed by atoms with E-state index in [1.165, 1.54) is 24.3 Å². The van der Waals surface area contributed by atoms with Crippen molar-refractivity contribution in [3.63, 3.8) is 0 Å². The van der Waals surface area contributed by atoms with Crippen molar-refractivity contribution in [2.24, 2.45) is 0 Å². The molecule has 4 nitrogen and oxygen atoms in total. The summed E-state index contributed by atoms with van der Waals surface area (Å²) in [4.78, 5) is 10.8. The molecule has 0 aliphatic rings. The maximum absolute atomic E-state index is 10.7. The summed E-state index contributed by atoms with van der Waals surface area (Å²) < 4.78 is 21.4. The Bertz CT molecular complexity index is 547. The Labute approximate surface area is 151 Å². The van der Waals surface area contributed by atoms with Crippen LogP contribution < -0.4 is 64.2 Å². The number of carboxylic acids is 1. The number of fused-ring (bicyclic) bond motifs is 1. The molecular formula is C11H6Na2O4S. The van der Waals surface area contributed by atoms with Crippen molar-refractivity contribution in [2.75, 3.05) is 0 Å². The molecule has 2 aromatic rings. The normalized spacial score (nSPS) is 11.2. The predicted molar refractivity (Wildman–Crippen MR) is 55.5 cm³/mol. The zero-order valence-electron chi connectivity index (χ0n) is 10.0. The third kappa shape index (κ3) is 4.15. The van der Waals surface area contributed by atoms with Crippen molar-refractivity contribution in [1.82, 2.24) is 0 Å². The van der Waals surface area contributed by atoms with Gasteiger partial charge in [0.2, 0.25) is 0 Å². The van der Waals surface area contributed by atoms with E-state index in [1.54, 1.807) is 12.1 Å². The number of carbonyl (C=O) groups is 1. The second-order valence-electron chi connectivity index (χ2n) is 3.25. The molecule has 82 valence electrons. The van der Waals surface area contributed by atoms with Crippen molar-refractivity contribution in [1.29, 1.82) is 0 Å². The molecular weight excluding hydrogens is 274 g/mol. The Hall–Kier alpha value is 0.280. The van der Waals surface area contributed by atoms with Gasteiger partial charge >= 0.3 is 59.1 Å². The Morgan fingerprint density at radius 3 is 2.11 bits per heavy atom. The maximum Gasteiger partial charge on any atom is 1.00 e. The van der Waals surface area contributed by atoms with Gasteiger partial charge in [-0.15, -0.1) is 0 Å².